The first-order valence-corrected chi connectivity index (χ1v) is 3.24. The van der Waals surface area contributed by atoms with Crippen LogP contribution in [0.5, 0.6) is 0 Å². The van der Waals surface area contributed by atoms with Crippen LogP contribution in [-0.4, -0.2) is 25.5 Å². The summed E-state index contributed by atoms with van der Waals surface area (Å²) >= 11 is 3.92. The zero-order chi connectivity index (χ0) is 6.95. The Morgan fingerprint density at radius 1 is 1.56 bits per heavy atom. The van der Waals surface area contributed by atoms with Gasteiger partial charge in [0.2, 0.25) is 0 Å². The van der Waals surface area contributed by atoms with Gasteiger partial charge in [-0.25, -0.2) is 0 Å². The molecule has 0 aromatic heterocycles. The second kappa shape index (κ2) is 7.62. The number of ether oxygens (including phenoxy) is 1. The highest BCUT2D eigenvalue weighted by molar-refractivity contribution is 7.80. The Balaban J connectivity index is 2.82. The van der Waals surface area contributed by atoms with Crippen molar-refractivity contribution in [2.75, 3.05) is 25.5 Å². The van der Waals surface area contributed by atoms with Crippen LogP contribution in [0.25, 0.3) is 10.4 Å². The van der Waals surface area contributed by atoms with Crippen molar-refractivity contribution in [1.29, 1.82) is 0 Å². The summed E-state index contributed by atoms with van der Waals surface area (Å²) in [5, 5.41) is 3.27. The maximum Gasteiger partial charge on any atom is 0.0554 e. The van der Waals surface area contributed by atoms with Gasteiger partial charge < -0.3 is 4.74 Å². The molecule has 9 heavy (non-hydrogen) atoms. The van der Waals surface area contributed by atoms with Crippen LogP contribution < -0.4 is 0 Å². The average Bonchev–Trinajstić information content (AvgIpc) is 1.89. The first-order valence-electron chi connectivity index (χ1n) is 2.61. The molecule has 0 heterocycles. The number of hydrogen-bond donors (Lipinski definition) is 1. The highest BCUT2D eigenvalue weighted by Gasteiger charge is 1.81. The van der Waals surface area contributed by atoms with Crippen molar-refractivity contribution in [2.45, 2.75) is 0 Å². The minimum absolute atomic E-state index is 0.407. The van der Waals surface area contributed by atoms with Crippen LogP contribution in [0, 0.1) is 0 Å². The molecule has 0 amide bonds. The van der Waals surface area contributed by atoms with Crippen LogP contribution in [0.4, 0.5) is 0 Å². The topological polar surface area (TPSA) is 58.0 Å². The van der Waals surface area contributed by atoms with Gasteiger partial charge >= 0.3 is 0 Å². The second-order valence-corrected chi connectivity index (χ2v) is 1.74. The maximum absolute atomic E-state index is 7.81. The fourth-order valence-corrected chi connectivity index (χ4v) is 0.446. The molecule has 0 aliphatic carbocycles. The van der Waals surface area contributed by atoms with Crippen LogP contribution in [0.3, 0.4) is 0 Å². The number of thiol groups is 1. The molecular formula is C4H9N3OS. The molecule has 0 spiro atoms. The van der Waals surface area contributed by atoms with Gasteiger partial charge in [0.15, 0.2) is 0 Å². The lowest BCUT2D eigenvalue weighted by Gasteiger charge is -1.95. The van der Waals surface area contributed by atoms with E-state index in [0.29, 0.717) is 25.5 Å². The largest absolute Gasteiger partial charge is 0.380 e. The van der Waals surface area contributed by atoms with Crippen LogP contribution in [0.1, 0.15) is 0 Å². The van der Waals surface area contributed by atoms with Crippen molar-refractivity contribution in [3.05, 3.63) is 10.4 Å². The van der Waals surface area contributed by atoms with Crippen LogP contribution in [0.15, 0.2) is 5.11 Å². The zero-order valence-electron chi connectivity index (χ0n) is 5.03. The summed E-state index contributed by atoms with van der Waals surface area (Å²) in [4.78, 5) is 2.56. The number of azide groups is 1. The van der Waals surface area contributed by atoms with E-state index in [1.807, 2.05) is 0 Å². The fourth-order valence-electron chi connectivity index (χ4n) is 0.317. The Morgan fingerprint density at radius 2 is 2.33 bits per heavy atom. The van der Waals surface area contributed by atoms with Crippen molar-refractivity contribution in [2.24, 2.45) is 5.11 Å². The summed E-state index contributed by atoms with van der Waals surface area (Å²) in [6.07, 6.45) is 0. The third kappa shape index (κ3) is 7.62. The molecule has 0 rings (SSSR count). The maximum atomic E-state index is 7.81. The molecule has 0 aliphatic rings. The standard InChI is InChI=1S/C4H9N3OS/c5-7-6-1-2-8-3-4-9/h9H,1-4H2. The Labute approximate surface area is 59.2 Å². The van der Waals surface area contributed by atoms with E-state index in [2.05, 4.69) is 22.7 Å². The molecule has 0 aromatic carbocycles. The van der Waals surface area contributed by atoms with E-state index in [-0.39, 0.29) is 0 Å². The van der Waals surface area contributed by atoms with Gasteiger partial charge in [-0.15, -0.1) is 0 Å². The Kier molecular flexibility index (Phi) is 7.30. The van der Waals surface area contributed by atoms with Crippen LogP contribution in [-0.2, 0) is 4.74 Å². The molecule has 5 heteroatoms. The molecule has 52 valence electrons. The van der Waals surface area contributed by atoms with E-state index in [9.17, 15) is 0 Å². The monoisotopic (exact) mass is 147 g/mol. The zero-order valence-corrected chi connectivity index (χ0v) is 5.92. The van der Waals surface area contributed by atoms with Gasteiger partial charge in [0.25, 0.3) is 0 Å². The number of hydrogen-bond acceptors (Lipinski definition) is 3. The summed E-state index contributed by atoms with van der Waals surface area (Å²) in [5.74, 6) is 0.705. The van der Waals surface area contributed by atoms with Gasteiger partial charge in [-0.2, -0.15) is 12.6 Å². The molecular weight excluding hydrogens is 138 g/mol. The van der Waals surface area contributed by atoms with Crippen molar-refractivity contribution in [1.82, 2.24) is 0 Å². The van der Waals surface area contributed by atoms with E-state index >= 15 is 0 Å². The molecule has 0 aliphatic heterocycles. The Hall–Kier alpha value is -0.380. The molecule has 0 unspecified atom stereocenters. The minimum atomic E-state index is 0.407. The van der Waals surface area contributed by atoms with Gasteiger partial charge in [-0.05, 0) is 5.53 Å². The highest BCUT2D eigenvalue weighted by atomic mass is 32.1. The number of rotatable bonds is 5. The predicted octanol–water partition coefficient (Wildman–Crippen LogP) is 1.24. The Bertz CT molecular complexity index is 102. The lowest BCUT2D eigenvalue weighted by Crippen LogP contribution is -1.99. The van der Waals surface area contributed by atoms with E-state index < -0.39 is 0 Å². The first kappa shape index (κ1) is 8.62. The summed E-state index contributed by atoms with van der Waals surface area (Å²) in [5.41, 5.74) is 7.81. The summed E-state index contributed by atoms with van der Waals surface area (Å²) in [6, 6.07) is 0. The van der Waals surface area contributed by atoms with Crippen molar-refractivity contribution in [3.63, 3.8) is 0 Å². The number of nitrogens with zero attached hydrogens (tertiary/aromatic N) is 3. The molecule has 0 aromatic rings. The first-order chi connectivity index (χ1) is 4.41. The molecule has 0 saturated heterocycles. The molecule has 4 nitrogen and oxygen atoms in total. The molecule has 0 radical (unpaired) electrons. The molecule has 0 bridgehead atoms. The third-order valence-corrected chi connectivity index (χ3v) is 0.817. The van der Waals surface area contributed by atoms with Crippen molar-refractivity contribution < 1.29 is 4.74 Å². The van der Waals surface area contributed by atoms with E-state index in [0.717, 1.165) is 0 Å². The second-order valence-electron chi connectivity index (χ2n) is 1.29. The molecule has 0 atom stereocenters. The van der Waals surface area contributed by atoms with Crippen molar-refractivity contribution in [3.8, 4) is 0 Å². The molecule has 0 saturated carbocycles. The summed E-state index contributed by atoms with van der Waals surface area (Å²) in [7, 11) is 0. The molecule has 0 fully saturated rings. The van der Waals surface area contributed by atoms with Crippen LogP contribution >= 0.6 is 12.6 Å². The average molecular weight is 147 g/mol. The van der Waals surface area contributed by atoms with E-state index in [4.69, 9.17) is 10.3 Å². The lowest BCUT2D eigenvalue weighted by molar-refractivity contribution is 0.158. The third-order valence-electron chi connectivity index (χ3n) is 0.634. The van der Waals surface area contributed by atoms with E-state index in [1.165, 1.54) is 0 Å². The van der Waals surface area contributed by atoms with Crippen LogP contribution in [0.2, 0.25) is 0 Å². The van der Waals surface area contributed by atoms with Gasteiger partial charge in [0, 0.05) is 17.2 Å². The van der Waals surface area contributed by atoms with Gasteiger partial charge in [-0.3, -0.25) is 0 Å². The molecule has 0 N–H and O–H groups in total. The van der Waals surface area contributed by atoms with E-state index in [1.54, 1.807) is 0 Å². The van der Waals surface area contributed by atoms with Gasteiger partial charge in [0.05, 0.1) is 13.2 Å². The fraction of sp³-hybridized carbons (Fsp3) is 1.00. The quantitative estimate of drug-likeness (QED) is 0.205. The normalized spacial score (nSPS) is 8.56. The van der Waals surface area contributed by atoms with Gasteiger partial charge in [-0.1, -0.05) is 5.11 Å². The summed E-state index contributed by atoms with van der Waals surface area (Å²) < 4.78 is 4.94. The van der Waals surface area contributed by atoms with Crippen molar-refractivity contribution >= 4 is 12.6 Å². The Morgan fingerprint density at radius 3 is 2.89 bits per heavy atom. The van der Waals surface area contributed by atoms with Gasteiger partial charge in [0.1, 0.15) is 0 Å². The SMILES string of the molecule is [N-]=[N+]=NCCOCCS. The summed E-state index contributed by atoms with van der Waals surface area (Å²) in [6.45, 7) is 1.51. The smallest absolute Gasteiger partial charge is 0.0554 e. The minimum Gasteiger partial charge on any atom is -0.380 e. The predicted molar refractivity (Wildman–Crippen MR) is 38.7 cm³/mol. The highest BCUT2D eigenvalue weighted by Crippen LogP contribution is 1.78. The lowest BCUT2D eigenvalue weighted by atomic mass is 10.7.